The van der Waals surface area contributed by atoms with Crippen molar-refractivity contribution >= 4 is 45.9 Å². The van der Waals surface area contributed by atoms with Crippen LogP contribution in [-0.4, -0.2) is 89.0 Å². The number of Topliss-reactive ketones (excluding diaryl/α,β-unsaturated/α-hetero) is 1. The summed E-state index contributed by atoms with van der Waals surface area (Å²) in [4.78, 5) is 45.1. The number of nitrogens with zero attached hydrogens (tertiary/aromatic N) is 3. The lowest BCUT2D eigenvalue weighted by Crippen LogP contribution is -2.71. The molecule has 264 valence electrons. The third-order valence-electron chi connectivity index (χ3n) is 10.2. The van der Waals surface area contributed by atoms with E-state index in [2.05, 4.69) is 15.1 Å². The number of amides is 1. The predicted octanol–water partition coefficient (Wildman–Crippen LogP) is 6.19. The third kappa shape index (κ3) is 7.59. The number of morpholine rings is 1. The largest absolute Gasteiger partial charge is 0.466 e. The van der Waals surface area contributed by atoms with Gasteiger partial charge in [0.1, 0.15) is 0 Å². The quantitative estimate of drug-likeness (QED) is 0.238. The SMILES string of the molecule is CCOC(=O)C1CCC(OC(C(=O)Cc2ccc(NC(=O)c3cn(C)c4ccccc34)c(Cl)c2)(N2CCCC2)N2C[C@@H](C)O[C@@H](C)C2)CC1. The number of carbonyl (C=O) groups excluding carboxylic acids is 3. The summed E-state index contributed by atoms with van der Waals surface area (Å²) in [7, 11) is 1.91. The molecule has 1 amide bonds. The molecular weight excluding hydrogens is 644 g/mol. The molecule has 0 bridgehead atoms. The van der Waals surface area contributed by atoms with Crippen LogP contribution in [0, 0.1) is 5.92 Å². The smallest absolute Gasteiger partial charge is 0.308 e. The molecule has 1 N–H and O–H groups in total. The number of esters is 1. The zero-order valence-corrected chi connectivity index (χ0v) is 29.8. The van der Waals surface area contributed by atoms with Gasteiger partial charge in [-0.1, -0.05) is 35.9 Å². The molecule has 49 heavy (non-hydrogen) atoms. The van der Waals surface area contributed by atoms with Crippen molar-refractivity contribution in [1.29, 1.82) is 0 Å². The molecular formula is C38H49ClN4O6. The molecule has 0 spiro atoms. The minimum absolute atomic E-state index is 0.0492. The summed E-state index contributed by atoms with van der Waals surface area (Å²) in [5.74, 6) is -1.86. The summed E-state index contributed by atoms with van der Waals surface area (Å²) in [6.45, 7) is 8.91. The average molecular weight is 693 g/mol. The third-order valence-corrected chi connectivity index (χ3v) is 10.5. The topological polar surface area (TPSA) is 102 Å². The van der Waals surface area contributed by atoms with E-state index in [0.29, 0.717) is 61.7 Å². The van der Waals surface area contributed by atoms with Crippen molar-refractivity contribution in [3.63, 3.8) is 0 Å². The maximum Gasteiger partial charge on any atom is 0.308 e. The van der Waals surface area contributed by atoms with Gasteiger partial charge in [-0.05, 0) is 83.1 Å². The molecule has 1 aromatic heterocycles. The highest BCUT2D eigenvalue weighted by Crippen LogP contribution is 2.38. The van der Waals surface area contributed by atoms with Gasteiger partial charge in [0.05, 0.1) is 47.1 Å². The first-order valence-corrected chi connectivity index (χ1v) is 18.1. The monoisotopic (exact) mass is 692 g/mol. The molecule has 3 atom stereocenters. The van der Waals surface area contributed by atoms with Crippen LogP contribution in [0.15, 0.2) is 48.7 Å². The van der Waals surface area contributed by atoms with E-state index in [1.165, 1.54) is 0 Å². The van der Waals surface area contributed by atoms with E-state index in [0.717, 1.165) is 42.4 Å². The number of anilines is 1. The van der Waals surface area contributed by atoms with E-state index >= 15 is 0 Å². The van der Waals surface area contributed by atoms with E-state index in [9.17, 15) is 14.4 Å². The molecule has 3 aromatic rings. The van der Waals surface area contributed by atoms with Crippen LogP contribution < -0.4 is 5.32 Å². The fourth-order valence-electron chi connectivity index (χ4n) is 7.90. The average Bonchev–Trinajstić information content (AvgIpc) is 3.74. The number of likely N-dealkylation sites (tertiary alicyclic amines) is 1. The van der Waals surface area contributed by atoms with Crippen molar-refractivity contribution in [2.24, 2.45) is 13.0 Å². The second-order valence-corrected chi connectivity index (χ2v) is 14.3. The van der Waals surface area contributed by atoms with Crippen LogP contribution in [-0.2, 0) is 37.3 Å². The number of rotatable bonds is 11. The standard InChI is InChI=1S/C38H49ClN4O6/c1-5-47-37(46)28-13-15-29(16-14-28)49-38(42-18-8-9-19-42,43-22-25(2)48-26(3)23-43)35(44)21-27-12-17-33(32(39)20-27)40-36(45)31-24-41(4)34-11-7-6-10-30(31)34/h6-7,10-12,17,20,24-26,28-29H,5,8-9,13-16,18-19,21-23H2,1-4H3,(H,40,45)/t25-,26+,28?,29?,38?. The van der Waals surface area contributed by atoms with E-state index in [-0.39, 0.29) is 48.3 Å². The van der Waals surface area contributed by atoms with Gasteiger partial charge in [-0.2, -0.15) is 0 Å². The van der Waals surface area contributed by atoms with Gasteiger partial charge in [-0.15, -0.1) is 0 Å². The molecule has 3 aliphatic rings. The molecule has 1 unspecified atom stereocenters. The number of carbonyl (C=O) groups is 3. The predicted molar refractivity (Wildman–Crippen MR) is 190 cm³/mol. The Kier molecular flexibility index (Phi) is 11.1. The van der Waals surface area contributed by atoms with Crippen molar-refractivity contribution in [1.82, 2.24) is 14.4 Å². The molecule has 2 saturated heterocycles. The Hall–Kier alpha value is -3.28. The Labute approximate surface area is 294 Å². The summed E-state index contributed by atoms with van der Waals surface area (Å²) in [6, 6.07) is 13.1. The van der Waals surface area contributed by atoms with Crippen LogP contribution in [0.4, 0.5) is 5.69 Å². The van der Waals surface area contributed by atoms with Crippen LogP contribution in [0.25, 0.3) is 10.9 Å². The summed E-state index contributed by atoms with van der Waals surface area (Å²) in [5, 5.41) is 4.19. The summed E-state index contributed by atoms with van der Waals surface area (Å²) >= 11 is 6.78. The Morgan fingerprint density at radius 1 is 0.980 bits per heavy atom. The van der Waals surface area contributed by atoms with E-state index in [1.807, 2.05) is 68.9 Å². The van der Waals surface area contributed by atoms with Gasteiger partial charge >= 0.3 is 5.97 Å². The minimum Gasteiger partial charge on any atom is -0.466 e. The molecule has 3 fully saturated rings. The van der Waals surface area contributed by atoms with Crippen LogP contribution in [0.3, 0.4) is 0 Å². The first kappa shape index (κ1) is 35.5. The summed E-state index contributed by atoms with van der Waals surface area (Å²) < 4.78 is 20.5. The number of hydrogen-bond acceptors (Lipinski definition) is 8. The van der Waals surface area contributed by atoms with Gasteiger partial charge in [0, 0.05) is 56.7 Å². The van der Waals surface area contributed by atoms with Gasteiger partial charge in [0.25, 0.3) is 5.91 Å². The summed E-state index contributed by atoms with van der Waals surface area (Å²) in [6.07, 6.45) is 6.27. The Balaban J connectivity index is 1.25. The molecule has 0 radical (unpaired) electrons. The zero-order valence-electron chi connectivity index (χ0n) is 29.1. The maximum absolute atomic E-state index is 14.9. The van der Waals surface area contributed by atoms with E-state index in [1.54, 1.807) is 12.1 Å². The highest BCUT2D eigenvalue weighted by Gasteiger charge is 2.54. The number of aryl methyl sites for hydroxylation is 1. The lowest BCUT2D eigenvalue weighted by Gasteiger charge is -2.52. The molecule has 2 aliphatic heterocycles. The van der Waals surface area contributed by atoms with Crippen molar-refractivity contribution in [2.75, 3.05) is 38.1 Å². The first-order chi connectivity index (χ1) is 23.6. The zero-order chi connectivity index (χ0) is 34.7. The van der Waals surface area contributed by atoms with Crippen molar-refractivity contribution in [2.45, 2.75) is 89.9 Å². The highest BCUT2D eigenvalue weighted by molar-refractivity contribution is 6.34. The first-order valence-electron chi connectivity index (χ1n) is 17.8. The molecule has 1 aliphatic carbocycles. The summed E-state index contributed by atoms with van der Waals surface area (Å²) in [5.41, 5.74) is 2.75. The second-order valence-electron chi connectivity index (χ2n) is 13.8. The Morgan fingerprint density at radius 3 is 2.35 bits per heavy atom. The van der Waals surface area contributed by atoms with Crippen molar-refractivity contribution < 1.29 is 28.6 Å². The van der Waals surface area contributed by atoms with Crippen LogP contribution >= 0.6 is 11.6 Å². The van der Waals surface area contributed by atoms with Crippen molar-refractivity contribution in [3.8, 4) is 0 Å². The number of fused-ring (bicyclic) bond motifs is 1. The van der Waals surface area contributed by atoms with Gasteiger partial charge < -0.3 is 24.1 Å². The highest BCUT2D eigenvalue weighted by atomic mass is 35.5. The molecule has 6 rings (SSSR count). The lowest BCUT2D eigenvalue weighted by molar-refractivity contribution is -0.274. The van der Waals surface area contributed by atoms with Crippen LogP contribution in [0.5, 0.6) is 0 Å². The number of ketones is 1. The number of aromatic nitrogens is 1. The van der Waals surface area contributed by atoms with E-state index < -0.39 is 5.85 Å². The Bertz CT molecular complexity index is 1650. The maximum atomic E-state index is 14.9. The van der Waals surface area contributed by atoms with Crippen LogP contribution in [0.2, 0.25) is 5.02 Å². The van der Waals surface area contributed by atoms with Crippen molar-refractivity contribution in [3.05, 3.63) is 64.8 Å². The van der Waals surface area contributed by atoms with E-state index in [4.69, 9.17) is 25.8 Å². The molecule has 10 nitrogen and oxygen atoms in total. The Morgan fingerprint density at radius 2 is 1.67 bits per heavy atom. The fraction of sp³-hybridized carbons (Fsp3) is 0.553. The number of benzene rings is 2. The number of halogens is 1. The molecule has 11 heteroatoms. The number of para-hydroxylation sites is 1. The number of hydrogen-bond donors (Lipinski definition) is 1. The lowest BCUT2D eigenvalue weighted by atomic mass is 9.87. The number of nitrogens with one attached hydrogen (secondary N) is 1. The molecule has 1 saturated carbocycles. The van der Waals surface area contributed by atoms with Gasteiger partial charge in [-0.3, -0.25) is 24.2 Å². The molecule has 3 heterocycles. The molecule has 2 aromatic carbocycles. The fourth-order valence-corrected chi connectivity index (χ4v) is 8.16. The second kappa shape index (κ2) is 15.3. The van der Waals surface area contributed by atoms with Crippen LogP contribution in [0.1, 0.15) is 75.2 Å². The van der Waals surface area contributed by atoms with Gasteiger partial charge in [-0.25, -0.2) is 0 Å². The minimum atomic E-state index is -1.28. The van der Waals surface area contributed by atoms with Gasteiger partial charge in [0.2, 0.25) is 5.85 Å². The normalized spacial score (nSPS) is 24.8. The number of ether oxygens (including phenoxy) is 3. The van der Waals surface area contributed by atoms with Gasteiger partial charge in [0.15, 0.2) is 5.78 Å².